The molecule has 6 heteroatoms. The van der Waals surface area contributed by atoms with E-state index in [1.54, 1.807) is 0 Å². The molecule has 96 valence electrons. The van der Waals surface area contributed by atoms with Crippen molar-refractivity contribution in [1.82, 2.24) is 0 Å². The summed E-state index contributed by atoms with van der Waals surface area (Å²) in [6.07, 6.45) is 1.95. The van der Waals surface area contributed by atoms with E-state index in [2.05, 4.69) is 32.9 Å². The van der Waals surface area contributed by atoms with Crippen molar-refractivity contribution in [3.63, 3.8) is 0 Å². The van der Waals surface area contributed by atoms with E-state index in [1.165, 1.54) is 0 Å². The van der Waals surface area contributed by atoms with Crippen molar-refractivity contribution in [3.8, 4) is 0 Å². The van der Waals surface area contributed by atoms with E-state index in [-0.39, 0.29) is 0 Å². The quantitative estimate of drug-likeness (QED) is 0.513. The van der Waals surface area contributed by atoms with Gasteiger partial charge in [0.05, 0.1) is 0 Å². The van der Waals surface area contributed by atoms with Gasteiger partial charge in [-0.3, -0.25) is 0 Å². The third-order valence-electron chi connectivity index (χ3n) is 0.543. The maximum Gasteiger partial charge on any atom is 0.328 e. The Balaban J connectivity index is -0.0000000809. The second-order valence-corrected chi connectivity index (χ2v) is 1.55. The van der Waals surface area contributed by atoms with Crippen LogP contribution in [-0.4, -0.2) is 33.2 Å². The van der Waals surface area contributed by atoms with Gasteiger partial charge in [0.25, 0.3) is 0 Å². The predicted octanol–water partition coefficient (Wildman–Crippen LogP) is 1.57. The van der Waals surface area contributed by atoms with Crippen LogP contribution in [0.5, 0.6) is 0 Å². The highest BCUT2D eigenvalue weighted by atomic mass is 16.4. The average Bonchev–Trinajstić information content (AvgIpc) is 2.32. The van der Waals surface area contributed by atoms with Crippen LogP contribution in [0, 0.1) is 0 Å². The van der Waals surface area contributed by atoms with Gasteiger partial charge in [0.1, 0.15) is 0 Å². The van der Waals surface area contributed by atoms with Gasteiger partial charge < -0.3 is 15.3 Å². The maximum atomic E-state index is 9.55. The number of carbonyl (C=O) groups is 3. The molecule has 3 N–H and O–H groups in total. The molecule has 0 spiro atoms. The Bertz CT molecular complexity index is 249. The van der Waals surface area contributed by atoms with Crippen LogP contribution in [0.15, 0.2) is 51.1 Å². The molecular formula is C11H16O6. The summed E-state index contributed by atoms with van der Waals surface area (Å²) in [5.41, 5.74) is 0. The molecule has 0 heterocycles. The highest BCUT2D eigenvalue weighted by Gasteiger charge is 1.88. The standard InChI is InChI=1S/C4H4O4.C3H4O2.2C2H4/c5-3(6)1-2-4(7)8;1-2-3(4)5;2*1-2/h1-2H,(H,5,6)(H,7,8);2H,1H2,(H,4,5);2*1-2H2/b2-1-;;;. The Labute approximate surface area is 99.5 Å². The summed E-state index contributed by atoms with van der Waals surface area (Å²) in [5, 5.41) is 23.2. The molecule has 0 radical (unpaired) electrons. The van der Waals surface area contributed by atoms with Gasteiger partial charge in [-0.25, -0.2) is 14.4 Å². The summed E-state index contributed by atoms with van der Waals surface area (Å²) in [4.78, 5) is 28.4. The Morgan fingerprint density at radius 3 is 0.941 bits per heavy atom. The van der Waals surface area contributed by atoms with Gasteiger partial charge in [-0.15, -0.1) is 26.3 Å². The van der Waals surface area contributed by atoms with Gasteiger partial charge in [-0.2, -0.15) is 0 Å². The minimum absolute atomic E-state index is 0.558. The van der Waals surface area contributed by atoms with Gasteiger partial charge in [-0.05, 0) is 0 Å². The molecule has 0 bridgehead atoms. The van der Waals surface area contributed by atoms with Crippen LogP contribution in [0.25, 0.3) is 0 Å². The Hall–Kier alpha value is -2.63. The number of aliphatic carboxylic acids is 3. The van der Waals surface area contributed by atoms with E-state index in [4.69, 9.17) is 15.3 Å². The molecule has 0 aliphatic heterocycles. The van der Waals surface area contributed by atoms with Crippen LogP contribution >= 0.6 is 0 Å². The lowest BCUT2D eigenvalue weighted by Crippen LogP contribution is -1.91. The van der Waals surface area contributed by atoms with E-state index >= 15 is 0 Å². The van der Waals surface area contributed by atoms with Crippen LogP contribution in [0.4, 0.5) is 0 Å². The zero-order chi connectivity index (χ0) is 14.9. The van der Waals surface area contributed by atoms with Gasteiger partial charge in [0, 0.05) is 18.2 Å². The summed E-state index contributed by atoms with van der Waals surface area (Å²) in [7, 11) is 0. The second kappa shape index (κ2) is 23.3. The van der Waals surface area contributed by atoms with E-state index in [0.717, 1.165) is 6.08 Å². The molecule has 6 nitrogen and oxygen atoms in total. The minimum Gasteiger partial charge on any atom is -0.478 e. The fraction of sp³-hybridized carbons (Fsp3) is 0. The molecule has 0 aliphatic carbocycles. The lowest BCUT2D eigenvalue weighted by Gasteiger charge is -1.74. The summed E-state index contributed by atoms with van der Waals surface area (Å²) in [6, 6.07) is 0. The highest BCUT2D eigenvalue weighted by Crippen LogP contribution is 1.70. The molecule has 0 aromatic rings. The van der Waals surface area contributed by atoms with Crippen molar-refractivity contribution in [2.45, 2.75) is 0 Å². The Kier molecular flexibility index (Phi) is 32.7. The van der Waals surface area contributed by atoms with Crippen LogP contribution < -0.4 is 0 Å². The van der Waals surface area contributed by atoms with Crippen LogP contribution in [0.3, 0.4) is 0 Å². The topological polar surface area (TPSA) is 112 Å². The van der Waals surface area contributed by atoms with Crippen LogP contribution in [-0.2, 0) is 14.4 Å². The van der Waals surface area contributed by atoms with Gasteiger partial charge in [0.2, 0.25) is 0 Å². The fourth-order valence-electron chi connectivity index (χ4n) is 0.143. The van der Waals surface area contributed by atoms with E-state index in [1.807, 2.05) is 0 Å². The molecule has 0 saturated carbocycles. The fourth-order valence-corrected chi connectivity index (χ4v) is 0.143. The van der Waals surface area contributed by atoms with E-state index in [9.17, 15) is 14.4 Å². The van der Waals surface area contributed by atoms with Gasteiger partial charge >= 0.3 is 17.9 Å². The van der Waals surface area contributed by atoms with Crippen molar-refractivity contribution in [2.75, 3.05) is 0 Å². The largest absolute Gasteiger partial charge is 0.478 e. The minimum atomic E-state index is -1.26. The number of carboxylic acids is 3. The number of hydrogen-bond acceptors (Lipinski definition) is 3. The smallest absolute Gasteiger partial charge is 0.328 e. The first-order valence-corrected chi connectivity index (χ1v) is 3.89. The molecule has 0 amide bonds. The second-order valence-electron chi connectivity index (χ2n) is 1.55. The monoisotopic (exact) mass is 244 g/mol. The van der Waals surface area contributed by atoms with Crippen molar-refractivity contribution < 1.29 is 29.7 Å². The lowest BCUT2D eigenvalue weighted by molar-refractivity contribution is -0.134. The molecule has 0 aromatic carbocycles. The molecule has 0 aromatic heterocycles. The third-order valence-corrected chi connectivity index (χ3v) is 0.543. The normalized spacial score (nSPS) is 6.82. The van der Waals surface area contributed by atoms with Crippen LogP contribution in [0.1, 0.15) is 0 Å². The van der Waals surface area contributed by atoms with Gasteiger partial charge in [0.15, 0.2) is 0 Å². The Morgan fingerprint density at radius 1 is 0.706 bits per heavy atom. The molecule has 0 unspecified atom stereocenters. The van der Waals surface area contributed by atoms with Crippen molar-refractivity contribution in [1.29, 1.82) is 0 Å². The molecule has 0 aliphatic rings. The molecule has 17 heavy (non-hydrogen) atoms. The average molecular weight is 244 g/mol. The first-order valence-electron chi connectivity index (χ1n) is 3.89. The first kappa shape index (κ1) is 23.9. The summed E-state index contributed by atoms with van der Waals surface area (Å²) in [6.45, 7) is 15.0. The molecule has 0 rings (SSSR count). The lowest BCUT2D eigenvalue weighted by atomic mass is 10.5. The molecule has 0 saturated heterocycles. The van der Waals surface area contributed by atoms with Crippen molar-refractivity contribution in [3.05, 3.63) is 51.1 Å². The highest BCUT2D eigenvalue weighted by molar-refractivity contribution is 5.89. The number of carboxylic acid groups (broad SMARTS) is 3. The SMILES string of the molecule is C=C.C=C.C=CC(=O)O.O=C(O)/C=C\C(=O)O. The van der Waals surface area contributed by atoms with Gasteiger partial charge in [-0.1, -0.05) is 6.58 Å². The number of hydrogen-bond donors (Lipinski definition) is 3. The third kappa shape index (κ3) is 90.5. The zero-order valence-electron chi connectivity index (χ0n) is 9.33. The summed E-state index contributed by atoms with van der Waals surface area (Å²) < 4.78 is 0. The molecule has 0 fully saturated rings. The predicted molar refractivity (Wildman–Crippen MR) is 64.8 cm³/mol. The maximum absolute atomic E-state index is 9.55. The van der Waals surface area contributed by atoms with E-state index in [0.29, 0.717) is 12.2 Å². The number of rotatable bonds is 3. The van der Waals surface area contributed by atoms with Crippen molar-refractivity contribution in [2.24, 2.45) is 0 Å². The molecule has 0 atom stereocenters. The Morgan fingerprint density at radius 2 is 0.882 bits per heavy atom. The van der Waals surface area contributed by atoms with Crippen LogP contribution in [0.2, 0.25) is 0 Å². The summed E-state index contributed by atoms with van der Waals surface area (Å²) >= 11 is 0. The summed E-state index contributed by atoms with van der Waals surface area (Å²) in [5.74, 6) is -3.50. The van der Waals surface area contributed by atoms with E-state index < -0.39 is 17.9 Å². The molecular weight excluding hydrogens is 228 g/mol. The van der Waals surface area contributed by atoms with Crippen molar-refractivity contribution >= 4 is 17.9 Å². The zero-order valence-corrected chi connectivity index (χ0v) is 9.33. The first-order chi connectivity index (χ1) is 7.90.